The van der Waals surface area contributed by atoms with E-state index in [4.69, 9.17) is 4.74 Å². The molecule has 0 saturated carbocycles. The van der Waals surface area contributed by atoms with Crippen molar-refractivity contribution in [1.29, 1.82) is 0 Å². The first-order valence-electron chi connectivity index (χ1n) is 4.62. The molecule has 3 heteroatoms. The third-order valence-electron chi connectivity index (χ3n) is 1.67. The van der Waals surface area contributed by atoms with Crippen LogP contribution in [0.5, 0.6) is 0 Å². The molecule has 1 aromatic rings. The summed E-state index contributed by atoms with van der Waals surface area (Å²) in [6.07, 6.45) is 0. The van der Waals surface area contributed by atoms with Gasteiger partial charge >= 0.3 is 90.5 Å². The number of hydrogen-bond acceptors (Lipinski definition) is 2. The molecule has 0 amide bonds. The fourth-order valence-electron chi connectivity index (χ4n) is 1.01. The van der Waals surface area contributed by atoms with Crippen molar-refractivity contribution < 1.29 is 9.53 Å². The number of rotatable bonds is 4. The van der Waals surface area contributed by atoms with Crippen molar-refractivity contribution in [2.24, 2.45) is 0 Å². The average molecular weight is 257 g/mol. The molecule has 1 rings (SSSR count). The summed E-state index contributed by atoms with van der Waals surface area (Å²) in [5.41, 5.74) is 0. The minimum atomic E-state index is -0.0867. The number of esters is 1. The fraction of sp³-hybridized carbons (Fsp3) is 0.364. The second-order valence-corrected chi connectivity index (χ2v) is 5.79. The number of carbonyl (C=O) groups excluding carboxylic acids is 1. The zero-order valence-electron chi connectivity index (χ0n) is 8.40. The van der Waals surface area contributed by atoms with E-state index in [2.05, 4.69) is 12.1 Å². The van der Waals surface area contributed by atoms with Crippen LogP contribution in [-0.2, 0) is 9.53 Å². The molecule has 1 atom stereocenters. The molecular weight excluding hydrogens is 243 g/mol. The van der Waals surface area contributed by atoms with E-state index in [0.29, 0.717) is 6.61 Å². The third-order valence-corrected chi connectivity index (χ3v) is 3.96. The predicted octanol–water partition coefficient (Wildman–Crippen LogP) is 1.39. The van der Waals surface area contributed by atoms with E-state index in [1.807, 2.05) is 32.0 Å². The quantitative estimate of drug-likeness (QED) is 0.602. The van der Waals surface area contributed by atoms with Gasteiger partial charge < -0.3 is 0 Å². The fourth-order valence-corrected chi connectivity index (χ4v) is 2.87. The standard InChI is InChI=1S/C11H14O2Se/c1-3-13-11(12)9(2)14-10-7-5-4-6-8-10/h4-9H,3H2,1-2H3/t9-/m1/s1. The van der Waals surface area contributed by atoms with Gasteiger partial charge in [-0.15, -0.1) is 0 Å². The molecule has 0 aliphatic rings. The van der Waals surface area contributed by atoms with Gasteiger partial charge in [0.1, 0.15) is 0 Å². The number of carbonyl (C=O) groups is 1. The van der Waals surface area contributed by atoms with Crippen LogP contribution >= 0.6 is 0 Å². The Bertz CT molecular complexity index is 285. The molecule has 0 bridgehead atoms. The molecule has 0 N–H and O–H groups in total. The summed E-state index contributed by atoms with van der Waals surface area (Å²) >= 11 is 0.174. The normalized spacial score (nSPS) is 12.1. The molecule has 0 fully saturated rings. The molecule has 76 valence electrons. The molecule has 1 aromatic carbocycles. The van der Waals surface area contributed by atoms with Gasteiger partial charge in [0.15, 0.2) is 0 Å². The molecule has 0 radical (unpaired) electrons. The number of benzene rings is 1. The van der Waals surface area contributed by atoms with Crippen LogP contribution < -0.4 is 4.46 Å². The van der Waals surface area contributed by atoms with Gasteiger partial charge in [-0.3, -0.25) is 0 Å². The van der Waals surface area contributed by atoms with Gasteiger partial charge in [0.05, 0.1) is 0 Å². The Morgan fingerprint density at radius 1 is 1.43 bits per heavy atom. The van der Waals surface area contributed by atoms with Crippen molar-refractivity contribution in [1.82, 2.24) is 0 Å². The SMILES string of the molecule is CCOC(=O)[C@@H](C)[Se]c1ccccc1. The van der Waals surface area contributed by atoms with Gasteiger partial charge in [-0.25, -0.2) is 0 Å². The van der Waals surface area contributed by atoms with Gasteiger partial charge in [-0.1, -0.05) is 0 Å². The van der Waals surface area contributed by atoms with Crippen molar-refractivity contribution >= 4 is 25.4 Å². The van der Waals surface area contributed by atoms with Crippen LogP contribution in [0.3, 0.4) is 0 Å². The van der Waals surface area contributed by atoms with Crippen LogP contribution in [0.25, 0.3) is 0 Å². The molecular formula is C11H14O2Se. The molecule has 0 spiro atoms. The Morgan fingerprint density at radius 2 is 2.07 bits per heavy atom. The maximum absolute atomic E-state index is 11.3. The molecule has 0 aliphatic heterocycles. The zero-order chi connectivity index (χ0) is 10.4. The molecule has 0 aliphatic carbocycles. The van der Waals surface area contributed by atoms with Gasteiger partial charge in [0.2, 0.25) is 0 Å². The number of ether oxygens (including phenoxy) is 1. The molecule has 0 aromatic heterocycles. The van der Waals surface area contributed by atoms with Gasteiger partial charge in [0, 0.05) is 0 Å². The molecule has 0 saturated heterocycles. The van der Waals surface area contributed by atoms with Crippen molar-refractivity contribution in [3.8, 4) is 0 Å². The minimum absolute atomic E-state index is 0.00449. The molecule has 0 unspecified atom stereocenters. The van der Waals surface area contributed by atoms with Crippen LogP contribution in [0.1, 0.15) is 13.8 Å². The first kappa shape index (κ1) is 11.3. The van der Waals surface area contributed by atoms with E-state index in [9.17, 15) is 4.79 Å². The van der Waals surface area contributed by atoms with E-state index in [0.717, 1.165) is 0 Å². The van der Waals surface area contributed by atoms with Crippen molar-refractivity contribution in [3.05, 3.63) is 30.3 Å². The van der Waals surface area contributed by atoms with E-state index in [1.165, 1.54) is 4.46 Å². The average Bonchev–Trinajstić information content (AvgIpc) is 2.19. The first-order chi connectivity index (χ1) is 6.74. The Kier molecular flexibility index (Phi) is 4.71. The zero-order valence-corrected chi connectivity index (χ0v) is 10.1. The van der Waals surface area contributed by atoms with Crippen molar-refractivity contribution in [3.63, 3.8) is 0 Å². The summed E-state index contributed by atoms with van der Waals surface area (Å²) in [7, 11) is 0. The summed E-state index contributed by atoms with van der Waals surface area (Å²) in [6, 6.07) is 10.1. The molecule has 2 nitrogen and oxygen atoms in total. The van der Waals surface area contributed by atoms with Crippen LogP contribution in [-0.4, -0.2) is 27.5 Å². The van der Waals surface area contributed by atoms with Gasteiger partial charge in [-0.2, -0.15) is 0 Å². The Balaban J connectivity index is 2.49. The Morgan fingerprint density at radius 3 is 2.64 bits per heavy atom. The maximum atomic E-state index is 11.3. The monoisotopic (exact) mass is 258 g/mol. The molecule has 14 heavy (non-hydrogen) atoms. The summed E-state index contributed by atoms with van der Waals surface area (Å²) in [4.78, 5) is 11.3. The summed E-state index contributed by atoms with van der Waals surface area (Å²) in [6.45, 7) is 4.22. The van der Waals surface area contributed by atoms with Crippen molar-refractivity contribution in [2.45, 2.75) is 18.7 Å². The Hall–Kier alpha value is -0.791. The van der Waals surface area contributed by atoms with Crippen LogP contribution in [0.2, 0.25) is 4.82 Å². The van der Waals surface area contributed by atoms with E-state index in [1.54, 1.807) is 0 Å². The first-order valence-corrected chi connectivity index (χ1v) is 6.47. The second-order valence-electron chi connectivity index (χ2n) is 2.83. The van der Waals surface area contributed by atoms with Crippen LogP contribution in [0.4, 0.5) is 0 Å². The predicted molar refractivity (Wildman–Crippen MR) is 57.9 cm³/mol. The van der Waals surface area contributed by atoms with E-state index >= 15 is 0 Å². The summed E-state index contributed by atoms with van der Waals surface area (Å²) < 4.78 is 6.19. The third kappa shape index (κ3) is 3.52. The second kappa shape index (κ2) is 5.84. The molecule has 0 heterocycles. The van der Waals surface area contributed by atoms with Gasteiger partial charge in [-0.05, 0) is 0 Å². The van der Waals surface area contributed by atoms with Crippen molar-refractivity contribution in [2.75, 3.05) is 6.61 Å². The van der Waals surface area contributed by atoms with Crippen LogP contribution in [0.15, 0.2) is 30.3 Å². The van der Waals surface area contributed by atoms with E-state index in [-0.39, 0.29) is 25.7 Å². The van der Waals surface area contributed by atoms with Gasteiger partial charge in [0.25, 0.3) is 0 Å². The van der Waals surface area contributed by atoms with Crippen LogP contribution in [0, 0.1) is 0 Å². The van der Waals surface area contributed by atoms with E-state index < -0.39 is 0 Å². The topological polar surface area (TPSA) is 26.3 Å². The summed E-state index contributed by atoms with van der Waals surface area (Å²) in [5.74, 6) is -0.0867. The Labute approximate surface area is 90.8 Å². The number of hydrogen-bond donors (Lipinski definition) is 0. The summed E-state index contributed by atoms with van der Waals surface area (Å²) in [5, 5.41) is 0.